The van der Waals surface area contributed by atoms with Crippen LogP contribution in [0.25, 0.3) is 10.9 Å². The number of para-hydroxylation sites is 1. The van der Waals surface area contributed by atoms with Gasteiger partial charge < -0.3 is 24.8 Å². The van der Waals surface area contributed by atoms with E-state index in [1.54, 1.807) is 22.9 Å². The average molecular weight is 330 g/mol. The van der Waals surface area contributed by atoms with E-state index >= 15 is 0 Å². The van der Waals surface area contributed by atoms with Gasteiger partial charge in [0, 0.05) is 43.3 Å². The second-order valence-electron chi connectivity index (χ2n) is 5.70. The van der Waals surface area contributed by atoms with Crippen molar-refractivity contribution in [2.75, 3.05) is 38.1 Å². The van der Waals surface area contributed by atoms with E-state index in [1.807, 2.05) is 24.3 Å². The molecule has 2 N–H and O–H groups in total. The van der Waals surface area contributed by atoms with Gasteiger partial charge in [0.05, 0.1) is 12.3 Å². The van der Waals surface area contributed by atoms with Crippen molar-refractivity contribution in [1.82, 2.24) is 14.8 Å². The fraction of sp³-hybridized carbons (Fsp3) is 0.412. The highest BCUT2D eigenvalue weighted by molar-refractivity contribution is 6.00. The lowest BCUT2D eigenvalue weighted by Crippen LogP contribution is -2.39. The number of aromatic amines is 1. The van der Waals surface area contributed by atoms with Crippen LogP contribution in [0.5, 0.6) is 0 Å². The number of H-pyrrole nitrogens is 1. The van der Waals surface area contributed by atoms with Gasteiger partial charge >= 0.3 is 12.1 Å². The molecular weight excluding hydrogens is 308 g/mol. The van der Waals surface area contributed by atoms with Crippen LogP contribution in [0, 0.1) is 0 Å². The number of hydrogen-bond acceptors (Lipinski definition) is 3. The van der Waals surface area contributed by atoms with Gasteiger partial charge in [0.15, 0.2) is 0 Å². The van der Waals surface area contributed by atoms with Gasteiger partial charge in [0.25, 0.3) is 0 Å². The minimum absolute atomic E-state index is 0.148. The average Bonchev–Trinajstić information content (AvgIpc) is 2.82. The molecule has 0 radical (unpaired) electrons. The van der Waals surface area contributed by atoms with Crippen molar-refractivity contribution < 1.29 is 14.3 Å². The normalized spacial score (nSPS) is 15.2. The monoisotopic (exact) mass is 330 g/mol. The van der Waals surface area contributed by atoms with Gasteiger partial charge in [0.2, 0.25) is 0 Å². The van der Waals surface area contributed by atoms with Crippen LogP contribution >= 0.6 is 0 Å². The molecule has 24 heavy (non-hydrogen) atoms. The summed E-state index contributed by atoms with van der Waals surface area (Å²) < 4.78 is 5.03. The van der Waals surface area contributed by atoms with Crippen molar-refractivity contribution in [3.63, 3.8) is 0 Å². The van der Waals surface area contributed by atoms with Gasteiger partial charge in [-0.15, -0.1) is 0 Å². The van der Waals surface area contributed by atoms with Gasteiger partial charge in [-0.3, -0.25) is 0 Å². The maximum absolute atomic E-state index is 12.5. The maximum Gasteiger partial charge on any atom is 0.409 e. The number of carbonyl (C=O) groups excluding carboxylic acids is 2. The topological polar surface area (TPSA) is 77.7 Å². The van der Waals surface area contributed by atoms with E-state index in [1.165, 1.54) is 0 Å². The predicted molar refractivity (Wildman–Crippen MR) is 92.1 cm³/mol. The second-order valence-corrected chi connectivity index (χ2v) is 5.70. The van der Waals surface area contributed by atoms with Gasteiger partial charge in [-0.05, 0) is 19.4 Å². The Morgan fingerprint density at radius 3 is 2.75 bits per heavy atom. The number of carbonyl (C=O) groups is 2. The fourth-order valence-electron chi connectivity index (χ4n) is 2.89. The number of nitrogens with one attached hydrogen (secondary N) is 2. The molecule has 0 spiro atoms. The van der Waals surface area contributed by atoms with Crippen LogP contribution in [0.4, 0.5) is 15.3 Å². The molecule has 3 rings (SSSR count). The van der Waals surface area contributed by atoms with Gasteiger partial charge in [-0.2, -0.15) is 0 Å². The first-order valence-corrected chi connectivity index (χ1v) is 8.22. The van der Waals surface area contributed by atoms with Gasteiger partial charge in [0.1, 0.15) is 0 Å². The van der Waals surface area contributed by atoms with E-state index in [0.29, 0.717) is 32.8 Å². The van der Waals surface area contributed by atoms with E-state index in [4.69, 9.17) is 4.74 Å². The van der Waals surface area contributed by atoms with Crippen LogP contribution in [0.3, 0.4) is 0 Å². The number of amides is 3. The molecule has 128 valence electrons. The van der Waals surface area contributed by atoms with Crippen LogP contribution in [-0.2, 0) is 4.74 Å². The number of urea groups is 1. The molecule has 1 aliphatic heterocycles. The Balaban J connectivity index is 1.62. The summed E-state index contributed by atoms with van der Waals surface area (Å²) in [5.74, 6) is 0. The van der Waals surface area contributed by atoms with Crippen molar-refractivity contribution in [2.45, 2.75) is 13.3 Å². The molecule has 1 aliphatic rings. The third-order valence-electron chi connectivity index (χ3n) is 4.14. The quantitative estimate of drug-likeness (QED) is 0.889. The van der Waals surface area contributed by atoms with Crippen molar-refractivity contribution in [3.05, 3.63) is 30.5 Å². The first kappa shape index (κ1) is 16.2. The molecule has 7 heteroatoms. The van der Waals surface area contributed by atoms with E-state index in [9.17, 15) is 9.59 Å². The first-order chi connectivity index (χ1) is 11.7. The molecule has 0 unspecified atom stereocenters. The summed E-state index contributed by atoms with van der Waals surface area (Å²) in [5.41, 5.74) is 1.75. The van der Waals surface area contributed by atoms with Crippen molar-refractivity contribution in [1.29, 1.82) is 0 Å². The van der Waals surface area contributed by atoms with E-state index in [-0.39, 0.29) is 12.1 Å². The van der Waals surface area contributed by atoms with E-state index in [0.717, 1.165) is 23.0 Å². The number of ether oxygens (including phenoxy) is 1. The number of anilines is 1. The SMILES string of the molecule is CCOC(=O)N1CCCN(C(=O)Nc2c[nH]c3ccccc23)CC1. The molecule has 1 saturated heterocycles. The summed E-state index contributed by atoms with van der Waals surface area (Å²) in [7, 11) is 0. The molecule has 0 aliphatic carbocycles. The van der Waals surface area contributed by atoms with Gasteiger partial charge in [-0.1, -0.05) is 18.2 Å². The number of aromatic nitrogens is 1. The highest BCUT2D eigenvalue weighted by Gasteiger charge is 2.23. The summed E-state index contributed by atoms with van der Waals surface area (Å²) in [6, 6.07) is 7.67. The molecule has 2 heterocycles. The Morgan fingerprint density at radius 1 is 1.17 bits per heavy atom. The number of rotatable bonds is 2. The highest BCUT2D eigenvalue weighted by Crippen LogP contribution is 2.22. The van der Waals surface area contributed by atoms with Crippen LogP contribution in [-0.4, -0.2) is 59.7 Å². The molecular formula is C17H22N4O3. The van der Waals surface area contributed by atoms with Crippen LogP contribution in [0.1, 0.15) is 13.3 Å². The lowest BCUT2D eigenvalue weighted by atomic mass is 10.2. The molecule has 2 aromatic rings. The standard InChI is InChI=1S/C17H22N4O3/c1-2-24-17(23)21-9-5-8-20(10-11-21)16(22)19-15-12-18-14-7-4-3-6-13(14)15/h3-4,6-7,12,18H,2,5,8-11H2,1H3,(H,19,22). The molecule has 1 aromatic heterocycles. The minimum Gasteiger partial charge on any atom is -0.450 e. The maximum atomic E-state index is 12.5. The summed E-state index contributed by atoms with van der Waals surface area (Å²) in [4.78, 5) is 30.9. The Hall–Kier alpha value is -2.70. The molecule has 1 aromatic carbocycles. The summed E-state index contributed by atoms with van der Waals surface area (Å²) in [6.45, 7) is 4.35. The smallest absolute Gasteiger partial charge is 0.409 e. The van der Waals surface area contributed by atoms with E-state index < -0.39 is 0 Å². The Bertz CT molecular complexity index is 727. The molecule has 0 atom stereocenters. The zero-order valence-corrected chi connectivity index (χ0v) is 13.7. The van der Waals surface area contributed by atoms with Crippen LogP contribution < -0.4 is 5.32 Å². The summed E-state index contributed by atoms with van der Waals surface area (Å²) in [6.07, 6.45) is 2.22. The third kappa shape index (κ3) is 3.45. The van der Waals surface area contributed by atoms with Crippen molar-refractivity contribution in [2.24, 2.45) is 0 Å². The van der Waals surface area contributed by atoms with Crippen molar-refractivity contribution in [3.8, 4) is 0 Å². The number of nitrogens with zero attached hydrogens (tertiary/aromatic N) is 2. The molecule has 3 amide bonds. The molecule has 0 bridgehead atoms. The molecule has 1 fully saturated rings. The lowest BCUT2D eigenvalue weighted by molar-refractivity contribution is 0.109. The Labute approximate surface area is 140 Å². The number of fused-ring (bicyclic) bond motifs is 1. The van der Waals surface area contributed by atoms with Crippen molar-refractivity contribution >= 4 is 28.7 Å². The largest absolute Gasteiger partial charge is 0.450 e. The highest BCUT2D eigenvalue weighted by atomic mass is 16.6. The van der Waals surface area contributed by atoms with Crippen LogP contribution in [0.2, 0.25) is 0 Å². The zero-order valence-electron chi connectivity index (χ0n) is 13.7. The Morgan fingerprint density at radius 2 is 1.92 bits per heavy atom. The Kier molecular flexibility index (Phi) is 4.88. The van der Waals surface area contributed by atoms with Crippen LogP contribution in [0.15, 0.2) is 30.5 Å². The number of hydrogen-bond donors (Lipinski definition) is 2. The predicted octanol–water partition coefficient (Wildman–Crippen LogP) is 2.86. The fourth-order valence-corrected chi connectivity index (χ4v) is 2.89. The number of benzene rings is 1. The first-order valence-electron chi connectivity index (χ1n) is 8.22. The van der Waals surface area contributed by atoms with Gasteiger partial charge in [-0.25, -0.2) is 9.59 Å². The second kappa shape index (κ2) is 7.25. The third-order valence-corrected chi connectivity index (χ3v) is 4.14. The summed E-state index contributed by atoms with van der Waals surface area (Å²) >= 11 is 0. The molecule has 0 saturated carbocycles. The zero-order chi connectivity index (χ0) is 16.9. The summed E-state index contributed by atoms with van der Waals surface area (Å²) in [5, 5.41) is 3.93. The van der Waals surface area contributed by atoms with E-state index in [2.05, 4.69) is 10.3 Å². The lowest BCUT2D eigenvalue weighted by Gasteiger charge is -2.21. The minimum atomic E-state index is -0.309. The molecule has 7 nitrogen and oxygen atoms in total.